The van der Waals surface area contributed by atoms with Crippen molar-refractivity contribution in [2.75, 3.05) is 39.3 Å². The van der Waals surface area contributed by atoms with E-state index in [2.05, 4.69) is 4.98 Å². The highest BCUT2D eigenvalue weighted by Crippen LogP contribution is 2.34. The van der Waals surface area contributed by atoms with E-state index in [9.17, 15) is 9.59 Å². The van der Waals surface area contributed by atoms with E-state index in [1.165, 1.54) is 0 Å². The molecule has 1 aliphatic rings. The van der Waals surface area contributed by atoms with E-state index < -0.39 is 0 Å². The summed E-state index contributed by atoms with van der Waals surface area (Å²) in [7, 11) is 4.90. The minimum Gasteiger partial charge on any atom is -0.493 e. The van der Waals surface area contributed by atoms with Gasteiger partial charge in [0.25, 0.3) is 0 Å². The van der Waals surface area contributed by atoms with Crippen LogP contribution in [0.3, 0.4) is 0 Å². The summed E-state index contributed by atoms with van der Waals surface area (Å²) in [6.45, 7) is 0.969. The number of anilines is 1. The van der Waals surface area contributed by atoms with Crippen molar-refractivity contribution in [2.24, 2.45) is 5.92 Å². The number of hydrogen-bond acceptors (Lipinski definition) is 5. The second-order valence-corrected chi connectivity index (χ2v) is 6.81. The molecular formula is C21H25N3O4. The first-order valence-electron chi connectivity index (χ1n) is 9.19. The molecule has 7 heteroatoms. The third kappa shape index (κ3) is 4.24. The zero-order chi connectivity index (χ0) is 20.1. The number of hydrogen-bond donors (Lipinski definition) is 0. The topological polar surface area (TPSA) is 72.0 Å². The van der Waals surface area contributed by atoms with Crippen LogP contribution in [0.1, 0.15) is 12.0 Å². The van der Waals surface area contributed by atoms with Gasteiger partial charge in [-0.15, -0.1) is 0 Å². The Labute approximate surface area is 164 Å². The first-order valence-corrected chi connectivity index (χ1v) is 9.19. The number of amides is 2. The Balaban J connectivity index is 1.64. The summed E-state index contributed by atoms with van der Waals surface area (Å²) in [6, 6.07) is 9.21. The van der Waals surface area contributed by atoms with Crippen molar-refractivity contribution < 1.29 is 19.1 Å². The lowest BCUT2D eigenvalue weighted by Gasteiger charge is -2.22. The molecule has 1 atom stereocenters. The number of likely N-dealkylation sites (N-methyl/N-ethyl adjacent to an activating group) is 1. The summed E-state index contributed by atoms with van der Waals surface area (Å²) in [4.78, 5) is 32.7. The van der Waals surface area contributed by atoms with Crippen LogP contribution < -0.4 is 14.4 Å². The molecule has 2 heterocycles. The van der Waals surface area contributed by atoms with Crippen molar-refractivity contribution in [1.29, 1.82) is 0 Å². The number of aromatic nitrogens is 1. The van der Waals surface area contributed by atoms with Gasteiger partial charge in [-0.2, -0.15) is 0 Å². The summed E-state index contributed by atoms with van der Waals surface area (Å²) in [5, 5.41) is 0. The Hall–Kier alpha value is -3.09. The molecule has 0 bridgehead atoms. The minimum absolute atomic E-state index is 0.00890. The van der Waals surface area contributed by atoms with Crippen molar-refractivity contribution in [3.8, 4) is 11.5 Å². The molecule has 28 heavy (non-hydrogen) atoms. The summed E-state index contributed by atoms with van der Waals surface area (Å²) in [5.74, 6) is 0.736. The van der Waals surface area contributed by atoms with Crippen LogP contribution in [0.4, 0.5) is 5.69 Å². The van der Waals surface area contributed by atoms with Crippen molar-refractivity contribution in [1.82, 2.24) is 9.88 Å². The van der Waals surface area contributed by atoms with Gasteiger partial charge < -0.3 is 19.3 Å². The van der Waals surface area contributed by atoms with Gasteiger partial charge in [0.05, 0.1) is 20.1 Å². The number of nitrogens with zero attached hydrogens (tertiary/aromatic N) is 3. The van der Waals surface area contributed by atoms with Crippen LogP contribution in [-0.2, 0) is 16.0 Å². The van der Waals surface area contributed by atoms with E-state index >= 15 is 0 Å². The molecule has 1 aliphatic heterocycles. The molecule has 2 amide bonds. The Morgan fingerprint density at radius 2 is 1.89 bits per heavy atom. The van der Waals surface area contributed by atoms with Gasteiger partial charge in [0.15, 0.2) is 11.5 Å². The van der Waals surface area contributed by atoms with Gasteiger partial charge >= 0.3 is 0 Å². The van der Waals surface area contributed by atoms with Crippen LogP contribution in [-0.4, -0.2) is 56.1 Å². The second kappa shape index (κ2) is 8.73. The minimum atomic E-state index is -0.344. The predicted molar refractivity (Wildman–Crippen MR) is 106 cm³/mol. The third-order valence-corrected chi connectivity index (χ3v) is 5.01. The van der Waals surface area contributed by atoms with Gasteiger partial charge in [-0.25, -0.2) is 0 Å². The van der Waals surface area contributed by atoms with Crippen molar-refractivity contribution in [3.63, 3.8) is 0 Å². The van der Waals surface area contributed by atoms with E-state index in [1.807, 2.05) is 12.1 Å². The average Bonchev–Trinajstić information content (AvgIpc) is 3.13. The van der Waals surface area contributed by atoms with Gasteiger partial charge in [-0.05, 0) is 36.2 Å². The predicted octanol–water partition coefficient (Wildman–Crippen LogP) is 2.15. The number of methoxy groups -OCH3 is 2. The van der Waals surface area contributed by atoms with Crippen LogP contribution in [0.15, 0.2) is 42.7 Å². The van der Waals surface area contributed by atoms with E-state index in [1.54, 1.807) is 61.7 Å². The summed E-state index contributed by atoms with van der Waals surface area (Å²) >= 11 is 0. The highest BCUT2D eigenvalue weighted by atomic mass is 16.5. The van der Waals surface area contributed by atoms with Crippen molar-refractivity contribution in [3.05, 3.63) is 48.3 Å². The Morgan fingerprint density at radius 1 is 1.18 bits per heavy atom. The first kappa shape index (κ1) is 19.7. The maximum absolute atomic E-state index is 12.8. The fourth-order valence-corrected chi connectivity index (χ4v) is 3.38. The quantitative estimate of drug-likeness (QED) is 0.733. The number of ether oxygens (including phenoxy) is 2. The zero-order valence-corrected chi connectivity index (χ0v) is 16.4. The third-order valence-electron chi connectivity index (χ3n) is 5.01. The molecule has 1 aromatic heterocycles. The molecule has 1 fully saturated rings. The summed E-state index contributed by atoms with van der Waals surface area (Å²) in [5.41, 5.74) is 1.83. The molecule has 3 rings (SSSR count). The smallest absolute Gasteiger partial charge is 0.227 e. The monoisotopic (exact) mass is 383 g/mol. The van der Waals surface area contributed by atoms with Gasteiger partial charge in [0.2, 0.25) is 11.8 Å². The maximum Gasteiger partial charge on any atom is 0.227 e. The molecule has 0 N–H and O–H groups in total. The highest BCUT2D eigenvalue weighted by molar-refractivity contribution is 6.00. The molecule has 0 spiro atoms. The summed E-state index contributed by atoms with van der Waals surface area (Å²) in [6.07, 6.45) is 4.46. The van der Waals surface area contributed by atoms with Gasteiger partial charge in [-0.3, -0.25) is 14.6 Å². The fraction of sp³-hybridized carbons (Fsp3) is 0.381. The lowest BCUT2D eigenvalue weighted by molar-refractivity contribution is -0.134. The van der Waals surface area contributed by atoms with E-state index in [0.29, 0.717) is 30.3 Å². The van der Waals surface area contributed by atoms with E-state index in [0.717, 1.165) is 12.0 Å². The SMILES string of the molecule is COc1ccc(N2CC(C(=O)N(C)CCc3ccncc3)CC2=O)cc1OC. The number of benzene rings is 1. The molecule has 2 aromatic rings. The normalized spacial score (nSPS) is 16.2. The Bertz CT molecular complexity index is 841. The maximum atomic E-state index is 12.8. The van der Waals surface area contributed by atoms with Crippen LogP contribution in [0.2, 0.25) is 0 Å². The summed E-state index contributed by atoms with van der Waals surface area (Å²) < 4.78 is 10.6. The number of pyridine rings is 1. The molecule has 1 aromatic carbocycles. The van der Waals surface area contributed by atoms with Gasteiger partial charge in [0.1, 0.15) is 0 Å². The average molecular weight is 383 g/mol. The van der Waals surface area contributed by atoms with Crippen LogP contribution in [0.25, 0.3) is 0 Å². The standard InChI is InChI=1S/C21H25N3O4/c1-23(11-8-15-6-9-22-10-7-15)21(26)16-12-20(25)24(14-16)17-4-5-18(27-2)19(13-17)28-3/h4-7,9-10,13,16H,8,11-12,14H2,1-3H3. The molecule has 1 saturated heterocycles. The van der Waals surface area contributed by atoms with Gasteiger partial charge in [-0.1, -0.05) is 0 Å². The highest BCUT2D eigenvalue weighted by Gasteiger charge is 2.36. The molecule has 0 aliphatic carbocycles. The molecule has 148 valence electrons. The Morgan fingerprint density at radius 3 is 2.57 bits per heavy atom. The number of carbonyl (C=O) groups excluding carboxylic acids is 2. The number of rotatable bonds is 7. The Kier molecular flexibility index (Phi) is 6.13. The first-order chi connectivity index (χ1) is 13.5. The van der Waals surface area contributed by atoms with E-state index in [-0.39, 0.29) is 24.2 Å². The molecule has 0 radical (unpaired) electrons. The second-order valence-electron chi connectivity index (χ2n) is 6.81. The lowest BCUT2D eigenvalue weighted by atomic mass is 10.1. The van der Waals surface area contributed by atoms with E-state index in [4.69, 9.17) is 9.47 Å². The number of carbonyl (C=O) groups is 2. The largest absolute Gasteiger partial charge is 0.493 e. The van der Waals surface area contributed by atoms with Crippen molar-refractivity contribution in [2.45, 2.75) is 12.8 Å². The zero-order valence-electron chi connectivity index (χ0n) is 16.4. The van der Waals surface area contributed by atoms with Crippen molar-refractivity contribution >= 4 is 17.5 Å². The van der Waals surface area contributed by atoms with Crippen LogP contribution >= 0.6 is 0 Å². The fourth-order valence-electron chi connectivity index (χ4n) is 3.38. The molecule has 0 saturated carbocycles. The molecular weight excluding hydrogens is 358 g/mol. The van der Waals surface area contributed by atoms with Crippen LogP contribution in [0.5, 0.6) is 11.5 Å². The van der Waals surface area contributed by atoms with Crippen LogP contribution in [0, 0.1) is 5.92 Å². The molecule has 1 unspecified atom stereocenters. The lowest BCUT2D eigenvalue weighted by Crippen LogP contribution is -2.36. The molecule has 7 nitrogen and oxygen atoms in total. The van der Waals surface area contributed by atoms with Gasteiger partial charge in [0, 0.05) is 50.7 Å².